The van der Waals surface area contributed by atoms with Crippen molar-refractivity contribution in [1.29, 1.82) is 0 Å². The molecule has 2 nitrogen and oxygen atoms in total. The lowest BCUT2D eigenvalue weighted by atomic mass is 10.4. The summed E-state index contributed by atoms with van der Waals surface area (Å²) in [6.07, 6.45) is 1.48. The topological polar surface area (TPSA) is 33.4 Å². The smallest absolute Gasteiger partial charge is 0.269 e. The normalized spacial score (nSPS) is 9.44. The Morgan fingerprint density at radius 3 is 2.78 bits per heavy atom. The van der Waals surface area contributed by atoms with Gasteiger partial charge in [-0.2, -0.15) is 0 Å². The minimum absolute atomic E-state index is 0.112. The van der Waals surface area contributed by atoms with Gasteiger partial charge in [0.1, 0.15) is 5.76 Å². The Balaban J connectivity index is 3.43. The third kappa shape index (κ3) is 1.10. The van der Waals surface area contributed by atoms with Gasteiger partial charge in [0.05, 0.1) is 6.26 Å². The molecule has 0 spiro atoms. The lowest BCUT2D eigenvalue weighted by molar-refractivity contribution is 0.414. The first-order valence-corrected chi connectivity index (χ1v) is 2.96. The van der Waals surface area contributed by atoms with Gasteiger partial charge < -0.3 is 9.52 Å². The Hall–Kier alpha value is -0.830. The third-order valence-electron chi connectivity index (χ3n) is 1.05. The molecule has 0 saturated heterocycles. The van der Waals surface area contributed by atoms with Crippen molar-refractivity contribution >= 4 is 12.2 Å². The van der Waals surface area contributed by atoms with Crippen LogP contribution < -0.4 is 0 Å². The van der Waals surface area contributed by atoms with Crippen LogP contribution in [-0.2, 0) is 12.2 Å². The molecule has 9 heavy (non-hydrogen) atoms. The number of aryl methyl sites for hydroxylation is 1. The third-order valence-corrected chi connectivity index (χ3v) is 1.41. The van der Waals surface area contributed by atoms with E-state index in [1.54, 1.807) is 13.0 Å². The highest BCUT2D eigenvalue weighted by molar-refractivity contribution is 7.49. The summed E-state index contributed by atoms with van der Waals surface area (Å²) in [6.45, 7) is 1.68. The molecule has 0 radical (unpaired) electrons. The van der Waals surface area contributed by atoms with Gasteiger partial charge in [-0.15, -0.1) is 0 Å². The highest BCUT2D eigenvalue weighted by Crippen LogP contribution is 2.14. The van der Waals surface area contributed by atoms with Gasteiger partial charge >= 0.3 is 0 Å². The largest absolute Gasteiger partial charge is 0.501 e. The number of hydrogen-bond acceptors (Lipinski definition) is 2. The average Bonchev–Trinajstić information content (AvgIpc) is 1.83. The molecule has 0 aliphatic heterocycles. The Kier molecular flexibility index (Phi) is 1.53. The first-order valence-electron chi connectivity index (χ1n) is 2.51. The lowest BCUT2D eigenvalue weighted by Gasteiger charge is -1.89. The summed E-state index contributed by atoms with van der Waals surface area (Å²) in [4.78, 5) is 0. The fourth-order valence-electron chi connectivity index (χ4n) is 0.516. The Labute approximate surface area is 57.8 Å². The highest BCUT2D eigenvalue weighted by atomic mass is 32.1. The number of thiol groups is 1. The molecule has 0 aliphatic rings. The molecule has 0 bridgehead atoms. The van der Waals surface area contributed by atoms with Gasteiger partial charge in [0.2, 0.25) is 5.75 Å². The van der Waals surface area contributed by atoms with Crippen molar-refractivity contribution in [3.63, 3.8) is 0 Å². The summed E-state index contributed by atoms with van der Waals surface area (Å²) < 4.78 is 5.38. The molecule has 0 aromatic carbocycles. The molecule has 0 amide bonds. The van der Waals surface area contributed by atoms with Crippen molar-refractivity contribution in [2.75, 3.05) is 0 Å². The summed E-state index contributed by atoms with van der Waals surface area (Å²) in [5.41, 5.74) is 0. The predicted octanol–water partition coefficient (Wildman–Crippen LogP) is 1.10. The number of aromatic hydroxyl groups is 1. The van der Waals surface area contributed by atoms with E-state index >= 15 is 0 Å². The van der Waals surface area contributed by atoms with Gasteiger partial charge in [-0.1, -0.05) is 0 Å². The molecule has 1 N–H and O–H groups in total. The molecule has 3 heteroatoms. The molecule has 0 unspecified atom stereocenters. The zero-order valence-corrected chi connectivity index (χ0v) is 5.85. The summed E-state index contributed by atoms with van der Waals surface area (Å²) in [5, 5.41) is 9.04. The maximum Gasteiger partial charge on any atom is 0.269 e. The van der Waals surface area contributed by atoms with Crippen LogP contribution in [0.3, 0.4) is 0 Å². The fraction of sp³-hybridized carbons (Fsp3) is 0.167. The quantitative estimate of drug-likeness (QED) is 0.335. The molecule has 0 fully saturated rings. The van der Waals surface area contributed by atoms with E-state index in [9.17, 15) is 0 Å². The van der Waals surface area contributed by atoms with E-state index in [1.807, 2.05) is 0 Å². The molecule has 1 rings (SSSR count). The van der Waals surface area contributed by atoms with E-state index in [0.717, 1.165) is 0 Å². The molecule has 1 heterocycles. The summed E-state index contributed by atoms with van der Waals surface area (Å²) in [7, 11) is 0. The molecule has 0 atom stereocenters. The van der Waals surface area contributed by atoms with E-state index in [1.165, 1.54) is 6.26 Å². The second-order valence-electron chi connectivity index (χ2n) is 1.71. The zero-order chi connectivity index (χ0) is 6.85. The minimum atomic E-state index is 0.112. The molecular weight excluding hydrogens is 136 g/mol. The van der Waals surface area contributed by atoms with Crippen molar-refractivity contribution in [2.45, 2.75) is 6.92 Å². The molecule has 48 valence electrons. The SMILES string of the molecule is Cc1occc(=[SH+])c1O. The van der Waals surface area contributed by atoms with Crippen molar-refractivity contribution in [3.05, 3.63) is 22.6 Å². The van der Waals surface area contributed by atoms with Crippen LogP contribution in [0.25, 0.3) is 0 Å². The van der Waals surface area contributed by atoms with Gasteiger partial charge in [0.15, 0.2) is 12.2 Å². The van der Waals surface area contributed by atoms with Crippen LogP contribution in [0.15, 0.2) is 16.7 Å². The number of hydrogen-bond donors (Lipinski definition) is 1. The highest BCUT2D eigenvalue weighted by Gasteiger charge is 2.01. The molecule has 0 saturated carbocycles. The van der Waals surface area contributed by atoms with E-state index in [0.29, 0.717) is 10.3 Å². The van der Waals surface area contributed by atoms with Gasteiger partial charge in [0, 0.05) is 6.07 Å². The van der Waals surface area contributed by atoms with E-state index < -0.39 is 0 Å². The summed E-state index contributed by atoms with van der Waals surface area (Å²) in [6, 6.07) is 1.59. The van der Waals surface area contributed by atoms with Crippen LogP contribution in [0, 0.1) is 11.4 Å². The average molecular weight is 143 g/mol. The standard InChI is InChI=1S/C6H6O2S/c1-4-6(7)5(9)2-3-8-4/h2-3,7H,1H3/p+1. The van der Waals surface area contributed by atoms with Gasteiger partial charge in [-0.3, -0.25) is 0 Å². The van der Waals surface area contributed by atoms with Crippen molar-refractivity contribution in [3.8, 4) is 5.75 Å². The predicted molar refractivity (Wildman–Crippen MR) is 37.1 cm³/mol. The van der Waals surface area contributed by atoms with Crippen LogP contribution in [0.5, 0.6) is 5.75 Å². The second kappa shape index (κ2) is 2.19. The van der Waals surface area contributed by atoms with Crippen LogP contribution >= 0.6 is 0 Å². The van der Waals surface area contributed by atoms with Gasteiger partial charge in [-0.25, -0.2) is 0 Å². The molecule has 1 aromatic rings. The number of rotatable bonds is 0. The van der Waals surface area contributed by atoms with Crippen LogP contribution in [0.2, 0.25) is 0 Å². The van der Waals surface area contributed by atoms with E-state index in [4.69, 9.17) is 9.52 Å². The Bertz CT molecular complexity index is 264. The maximum atomic E-state index is 9.04. The minimum Gasteiger partial charge on any atom is -0.501 e. The second-order valence-corrected chi connectivity index (χ2v) is 2.19. The molecule has 0 aliphatic carbocycles. The monoisotopic (exact) mass is 143 g/mol. The maximum absolute atomic E-state index is 9.04. The van der Waals surface area contributed by atoms with E-state index in [2.05, 4.69) is 12.2 Å². The Morgan fingerprint density at radius 2 is 2.33 bits per heavy atom. The summed E-state index contributed by atoms with van der Waals surface area (Å²) in [5.74, 6) is 0.600. The van der Waals surface area contributed by atoms with Crippen molar-refractivity contribution in [2.24, 2.45) is 0 Å². The fourth-order valence-corrected chi connectivity index (χ4v) is 0.734. The van der Waals surface area contributed by atoms with Crippen LogP contribution in [0.4, 0.5) is 0 Å². The Morgan fingerprint density at radius 1 is 1.67 bits per heavy atom. The summed E-state index contributed by atoms with van der Waals surface area (Å²) >= 11 is 3.96. The van der Waals surface area contributed by atoms with Crippen molar-refractivity contribution in [1.82, 2.24) is 0 Å². The van der Waals surface area contributed by atoms with Crippen LogP contribution in [-0.4, -0.2) is 5.11 Å². The lowest BCUT2D eigenvalue weighted by Crippen LogP contribution is -1.73. The van der Waals surface area contributed by atoms with Gasteiger partial charge in [-0.05, 0) is 6.92 Å². The first kappa shape index (κ1) is 6.29. The van der Waals surface area contributed by atoms with Crippen molar-refractivity contribution < 1.29 is 9.52 Å². The molecular formula is C6H7O2S+. The van der Waals surface area contributed by atoms with E-state index in [-0.39, 0.29) is 5.75 Å². The van der Waals surface area contributed by atoms with Gasteiger partial charge in [0.25, 0.3) is 4.51 Å². The molecule has 1 aromatic heterocycles. The zero-order valence-electron chi connectivity index (χ0n) is 4.96. The van der Waals surface area contributed by atoms with Crippen LogP contribution in [0.1, 0.15) is 5.76 Å². The first-order chi connectivity index (χ1) is 4.22.